The van der Waals surface area contributed by atoms with Crippen molar-refractivity contribution in [1.82, 2.24) is 9.78 Å². The smallest absolute Gasteiger partial charge is 0.167 e. The van der Waals surface area contributed by atoms with E-state index in [2.05, 4.69) is 12.0 Å². The summed E-state index contributed by atoms with van der Waals surface area (Å²) in [6, 6.07) is 9.95. The molecule has 2 aromatic rings. The molecule has 1 aromatic heterocycles. The summed E-state index contributed by atoms with van der Waals surface area (Å²) in [7, 11) is 1.93. The predicted octanol–water partition coefficient (Wildman–Crippen LogP) is 2.85. The Labute approximate surface area is 106 Å². The zero-order chi connectivity index (χ0) is 12.7. The largest absolute Gasteiger partial charge is 0.294 e. The molecule has 1 aliphatic carbocycles. The van der Waals surface area contributed by atoms with Gasteiger partial charge in [0.25, 0.3) is 0 Å². The molecular formula is C15H16N2O. The molecule has 1 atom stereocenters. The molecule has 0 saturated carbocycles. The van der Waals surface area contributed by atoms with Gasteiger partial charge < -0.3 is 0 Å². The van der Waals surface area contributed by atoms with Crippen LogP contribution in [0.1, 0.15) is 29.4 Å². The van der Waals surface area contributed by atoms with Gasteiger partial charge in [-0.1, -0.05) is 37.3 Å². The minimum absolute atomic E-state index is 0.232. The number of hydrogen-bond acceptors (Lipinski definition) is 2. The minimum Gasteiger partial charge on any atom is -0.294 e. The van der Waals surface area contributed by atoms with Crippen LogP contribution in [0.5, 0.6) is 0 Å². The van der Waals surface area contributed by atoms with Crippen molar-refractivity contribution < 1.29 is 4.79 Å². The molecule has 3 rings (SSSR count). The second-order valence-corrected chi connectivity index (χ2v) is 5.10. The first-order valence-electron chi connectivity index (χ1n) is 6.31. The van der Waals surface area contributed by atoms with Crippen LogP contribution in [0.2, 0.25) is 0 Å². The van der Waals surface area contributed by atoms with E-state index in [1.54, 1.807) is 0 Å². The van der Waals surface area contributed by atoms with E-state index in [1.807, 2.05) is 42.1 Å². The van der Waals surface area contributed by atoms with E-state index in [1.165, 1.54) is 0 Å². The normalized spacial score (nSPS) is 18.8. The second-order valence-electron chi connectivity index (χ2n) is 5.10. The molecular weight excluding hydrogens is 224 g/mol. The van der Waals surface area contributed by atoms with E-state index < -0.39 is 0 Å². The Balaban J connectivity index is 2.19. The average Bonchev–Trinajstić information content (AvgIpc) is 2.68. The monoisotopic (exact) mass is 240 g/mol. The number of rotatable bonds is 1. The lowest BCUT2D eigenvalue weighted by Gasteiger charge is -2.18. The minimum atomic E-state index is 0.232. The molecule has 0 fully saturated rings. The van der Waals surface area contributed by atoms with Crippen LogP contribution >= 0.6 is 0 Å². The van der Waals surface area contributed by atoms with Crippen molar-refractivity contribution in [2.75, 3.05) is 0 Å². The summed E-state index contributed by atoms with van der Waals surface area (Å²) in [4.78, 5) is 12.3. The van der Waals surface area contributed by atoms with Crippen molar-refractivity contribution in [3.05, 3.63) is 41.6 Å². The van der Waals surface area contributed by atoms with Crippen LogP contribution < -0.4 is 0 Å². The summed E-state index contributed by atoms with van der Waals surface area (Å²) in [6.45, 7) is 2.12. The van der Waals surface area contributed by atoms with Crippen LogP contribution in [-0.2, 0) is 13.5 Å². The maximum Gasteiger partial charge on any atom is 0.167 e. The topological polar surface area (TPSA) is 34.9 Å². The number of aromatic nitrogens is 2. The third-order valence-corrected chi connectivity index (χ3v) is 3.57. The molecule has 0 spiro atoms. The molecule has 0 unspecified atom stereocenters. The number of fused-ring (bicyclic) bond motifs is 1. The van der Waals surface area contributed by atoms with E-state index in [0.717, 1.165) is 28.9 Å². The van der Waals surface area contributed by atoms with Gasteiger partial charge in [0.05, 0.1) is 5.56 Å². The SMILES string of the molecule is C[C@H]1CC(=O)c2c(-c3ccccc3)nn(C)c2C1. The molecule has 1 heterocycles. The summed E-state index contributed by atoms with van der Waals surface area (Å²) in [5.41, 5.74) is 3.78. The van der Waals surface area contributed by atoms with Gasteiger partial charge in [0.2, 0.25) is 0 Å². The number of aryl methyl sites for hydroxylation is 1. The maximum absolute atomic E-state index is 12.3. The van der Waals surface area contributed by atoms with Crippen molar-refractivity contribution in [1.29, 1.82) is 0 Å². The van der Waals surface area contributed by atoms with Crippen LogP contribution in [0.15, 0.2) is 30.3 Å². The Kier molecular flexibility index (Phi) is 2.54. The van der Waals surface area contributed by atoms with Crippen molar-refractivity contribution in [3.8, 4) is 11.3 Å². The molecule has 3 nitrogen and oxygen atoms in total. The lowest BCUT2D eigenvalue weighted by molar-refractivity contribution is 0.0953. The van der Waals surface area contributed by atoms with Crippen LogP contribution in [0.4, 0.5) is 0 Å². The summed E-state index contributed by atoms with van der Waals surface area (Å²) in [6.07, 6.45) is 1.58. The summed E-state index contributed by atoms with van der Waals surface area (Å²) < 4.78 is 1.87. The van der Waals surface area contributed by atoms with Gasteiger partial charge >= 0.3 is 0 Å². The van der Waals surface area contributed by atoms with Crippen LogP contribution in [-0.4, -0.2) is 15.6 Å². The number of carbonyl (C=O) groups excluding carboxylic acids is 1. The standard InChI is InChI=1S/C15H16N2O/c1-10-8-12-14(13(18)9-10)15(16-17(12)2)11-6-4-3-5-7-11/h3-7,10H,8-9H2,1-2H3/t10-/m1/s1. The van der Waals surface area contributed by atoms with Gasteiger partial charge in [0.15, 0.2) is 5.78 Å². The first kappa shape index (κ1) is 11.2. The molecule has 1 aromatic carbocycles. The predicted molar refractivity (Wildman–Crippen MR) is 70.5 cm³/mol. The average molecular weight is 240 g/mol. The third-order valence-electron chi connectivity index (χ3n) is 3.57. The number of hydrogen-bond donors (Lipinski definition) is 0. The Morgan fingerprint density at radius 1 is 1.22 bits per heavy atom. The van der Waals surface area contributed by atoms with Gasteiger partial charge in [0, 0.05) is 24.7 Å². The highest BCUT2D eigenvalue weighted by atomic mass is 16.1. The molecule has 0 N–H and O–H groups in total. The number of ketones is 1. The van der Waals surface area contributed by atoms with Crippen molar-refractivity contribution in [2.45, 2.75) is 19.8 Å². The van der Waals surface area contributed by atoms with Gasteiger partial charge in [-0.15, -0.1) is 0 Å². The van der Waals surface area contributed by atoms with Crippen molar-refractivity contribution in [2.24, 2.45) is 13.0 Å². The fraction of sp³-hybridized carbons (Fsp3) is 0.333. The highest BCUT2D eigenvalue weighted by molar-refractivity contribution is 6.03. The van der Waals surface area contributed by atoms with E-state index in [0.29, 0.717) is 12.3 Å². The molecule has 0 amide bonds. The van der Waals surface area contributed by atoms with Gasteiger partial charge in [0.1, 0.15) is 5.69 Å². The van der Waals surface area contributed by atoms with Crippen LogP contribution in [0.3, 0.4) is 0 Å². The van der Waals surface area contributed by atoms with Crippen molar-refractivity contribution in [3.63, 3.8) is 0 Å². The molecule has 1 aliphatic rings. The second kappa shape index (κ2) is 4.09. The molecule has 92 valence electrons. The van der Waals surface area contributed by atoms with Crippen molar-refractivity contribution >= 4 is 5.78 Å². The van der Waals surface area contributed by atoms with E-state index >= 15 is 0 Å². The Morgan fingerprint density at radius 3 is 2.67 bits per heavy atom. The number of benzene rings is 1. The molecule has 0 aliphatic heterocycles. The summed E-state index contributed by atoms with van der Waals surface area (Å²) >= 11 is 0. The lowest BCUT2D eigenvalue weighted by Crippen LogP contribution is -2.19. The first-order valence-corrected chi connectivity index (χ1v) is 6.31. The Bertz CT molecular complexity index is 598. The molecule has 0 bridgehead atoms. The fourth-order valence-corrected chi connectivity index (χ4v) is 2.70. The fourth-order valence-electron chi connectivity index (χ4n) is 2.70. The third kappa shape index (κ3) is 1.67. The van der Waals surface area contributed by atoms with Gasteiger partial charge in [-0.25, -0.2) is 0 Å². The molecule has 3 heteroatoms. The first-order chi connectivity index (χ1) is 8.66. The molecule has 0 radical (unpaired) electrons. The van der Waals surface area contributed by atoms with Gasteiger partial charge in [-0.3, -0.25) is 9.48 Å². The zero-order valence-corrected chi connectivity index (χ0v) is 10.7. The van der Waals surface area contributed by atoms with Crippen LogP contribution in [0.25, 0.3) is 11.3 Å². The lowest BCUT2D eigenvalue weighted by atomic mass is 9.86. The van der Waals surface area contributed by atoms with E-state index in [4.69, 9.17) is 0 Å². The maximum atomic E-state index is 12.3. The molecule has 18 heavy (non-hydrogen) atoms. The number of nitrogens with zero attached hydrogens (tertiary/aromatic N) is 2. The number of Topliss-reactive ketones (excluding diaryl/α,β-unsaturated/α-hetero) is 1. The highest BCUT2D eigenvalue weighted by Gasteiger charge is 2.29. The summed E-state index contributed by atoms with van der Waals surface area (Å²) in [5.74, 6) is 0.653. The van der Waals surface area contributed by atoms with Crippen LogP contribution in [0, 0.1) is 5.92 Å². The Hall–Kier alpha value is -1.90. The summed E-state index contributed by atoms with van der Waals surface area (Å²) in [5, 5.41) is 4.54. The quantitative estimate of drug-likeness (QED) is 0.768. The van der Waals surface area contributed by atoms with Gasteiger partial charge in [-0.05, 0) is 12.3 Å². The van der Waals surface area contributed by atoms with Gasteiger partial charge in [-0.2, -0.15) is 5.10 Å². The van der Waals surface area contributed by atoms with E-state index in [-0.39, 0.29) is 5.78 Å². The highest BCUT2D eigenvalue weighted by Crippen LogP contribution is 2.32. The number of carbonyl (C=O) groups is 1. The van der Waals surface area contributed by atoms with E-state index in [9.17, 15) is 4.79 Å². The molecule has 0 saturated heterocycles. The Morgan fingerprint density at radius 2 is 1.94 bits per heavy atom. The zero-order valence-electron chi connectivity index (χ0n) is 10.7.